The first kappa shape index (κ1) is 22.9. The van der Waals surface area contributed by atoms with Gasteiger partial charge in [0.05, 0.1) is 24.0 Å². The Hall–Kier alpha value is -3.91. The monoisotopic (exact) mass is 469 g/mol. The zero-order chi connectivity index (χ0) is 24.4. The highest BCUT2D eigenvalue weighted by Gasteiger charge is 2.28. The van der Waals surface area contributed by atoms with E-state index in [2.05, 4.69) is 58.3 Å². The molecule has 1 aromatic carbocycles. The Balaban J connectivity index is 1.34. The summed E-state index contributed by atoms with van der Waals surface area (Å²) < 4.78 is 3.39. The van der Waals surface area contributed by atoms with Gasteiger partial charge >= 0.3 is 0 Å². The molecule has 4 aromatic rings. The molecule has 0 bridgehead atoms. The van der Waals surface area contributed by atoms with Crippen molar-refractivity contribution in [2.75, 3.05) is 23.7 Å². The van der Waals surface area contributed by atoms with Crippen LogP contribution in [0, 0.1) is 0 Å². The maximum Gasteiger partial charge on any atom is 0.250 e. The molecular weight excluding hydrogens is 438 g/mol. The number of aryl methyl sites for hydroxylation is 2. The SMILES string of the molecule is C[C@@H](CN[C@H](c1ccccc1)[C@H]1CNc2cc(-c3cnn(C)c3)cnc2N1)c1ccn(C)c(=O)c1. The van der Waals surface area contributed by atoms with Gasteiger partial charge in [-0.1, -0.05) is 37.3 Å². The number of nitrogens with zero attached hydrogens (tertiary/aromatic N) is 4. The fourth-order valence-electron chi connectivity index (χ4n) is 4.54. The molecule has 0 unspecified atom stereocenters. The Morgan fingerprint density at radius 3 is 2.66 bits per heavy atom. The number of benzene rings is 1. The number of pyridine rings is 2. The third-order valence-corrected chi connectivity index (χ3v) is 6.66. The average molecular weight is 470 g/mol. The van der Waals surface area contributed by atoms with Gasteiger partial charge in [-0.05, 0) is 29.2 Å². The predicted molar refractivity (Wildman–Crippen MR) is 140 cm³/mol. The summed E-state index contributed by atoms with van der Waals surface area (Å²) in [7, 11) is 3.68. The van der Waals surface area contributed by atoms with Crippen LogP contribution >= 0.6 is 0 Å². The molecule has 3 atom stereocenters. The van der Waals surface area contributed by atoms with E-state index in [1.807, 2.05) is 44.0 Å². The largest absolute Gasteiger partial charge is 0.380 e. The molecule has 0 saturated heterocycles. The van der Waals surface area contributed by atoms with Crippen LogP contribution in [0.1, 0.15) is 30.0 Å². The number of hydrogen-bond acceptors (Lipinski definition) is 6. The Morgan fingerprint density at radius 1 is 1.09 bits per heavy atom. The lowest BCUT2D eigenvalue weighted by Gasteiger charge is -2.35. The smallest absolute Gasteiger partial charge is 0.250 e. The Labute approximate surface area is 205 Å². The first-order valence-electron chi connectivity index (χ1n) is 11.9. The van der Waals surface area contributed by atoms with Crippen LogP contribution in [0.15, 0.2) is 78.1 Å². The van der Waals surface area contributed by atoms with Crippen LogP contribution < -0.4 is 21.5 Å². The standard InChI is InChI=1S/C27H31N7O/c1-18(20-9-10-33(2)25(35)12-20)13-29-26(19-7-5-4-6-8-19)24-16-28-23-11-21(14-30-27(23)32-24)22-15-31-34(3)17-22/h4-12,14-15,17-18,24,26,28-29H,13,16H2,1-3H3,(H,30,32)/t18-,24+,26+/m0/s1. The van der Waals surface area contributed by atoms with Crippen molar-refractivity contribution in [3.63, 3.8) is 0 Å². The van der Waals surface area contributed by atoms with Crippen molar-refractivity contribution in [1.82, 2.24) is 24.6 Å². The van der Waals surface area contributed by atoms with E-state index in [0.29, 0.717) is 0 Å². The molecule has 0 fully saturated rings. The van der Waals surface area contributed by atoms with Crippen molar-refractivity contribution >= 4 is 11.5 Å². The summed E-state index contributed by atoms with van der Waals surface area (Å²) in [6.45, 7) is 3.64. The summed E-state index contributed by atoms with van der Waals surface area (Å²) in [5.74, 6) is 1.04. The molecule has 5 rings (SSSR count). The maximum absolute atomic E-state index is 12.1. The fraction of sp³-hybridized carbons (Fsp3) is 0.296. The van der Waals surface area contributed by atoms with Crippen LogP contribution in [0.4, 0.5) is 11.5 Å². The molecule has 0 amide bonds. The fourth-order valence-corrected chi connectivity index (χ4v) is 4.54. The summed E-state index contributed by atoms with van der Waals surface area (Å²) in [6, 6.07) is 16.5. The second-order valence-electron chi connectivity index (χ2n) is 9.26. The summed E-state index contributed by atoms with van der Waals surface area (Å²) in [4.78, 5) is 16.8. The van der Waals surface area contributed by atoms with E-state index in [9.17, 15) is 4.79 Å². The van der Waals surface area contributed by atoms with Crippen LogP contribution in [-0.2, 0) is 14.1 Å². The predicted octanol–water partition coefficient (Wildman–Crippen LogP) is 3.52. The minimum atomic E-state index is 0.0143. The molecule has 8 heteroatoms. The van der Waals surface area contributed by atoms with Gasteiger partial charge in [0.25, 0.3) is 5.56 Å². The molecule has 3 N–H and O–H groups in total. The molecule has 1 aliphatic rings. The van der Waals surface area contributed by atoms with Crippen molar-refractivity contribution in [2.45, 2.75) is 24.9 Å². The molecule has 0 radical (unpaired) electrons. The maximum atomic E-state index is 12.1. The number of fused-ring (bicyclic) bond motifs is 1. The van der Waals surface area contributed by atoms with Crippen molar-refractivity contribution in [3.8, 4) is 11.1 Å². The van der Waals surface area contributed by atoms with Gasteiger partial charge in [0, 0.05) is 63.0 Å². The minimum absolute atomic E-state index is 0.0143. The third kappa shape index (κ3) is 4.97. The normalized spacial score (nSPS) is 16.6. The number of anilines is 2. The van der Waals surface area contributed by atoms with E-state index in [0.717, 1.165) is 41.3 Å². The Morgan fingerprint density at radius 2 is 1.91 bits per heavy atom. The first-order chi connectivity index (χ1) is 17.0. The van der Waals surface area contributed by atoms with Gasteiger partial charge in [-0.2, -0.15) is 5.10 Å². The van der Waals surface area contributed by atoms with Crippen molar-refractivity contribution < 1.29 is 0 Å². The lowest BCUT2D eigenvalue weighted by Crippen LogP contribution is -2.45. The Kier molecular flexibility index (Phi) is 6.37. The molecule has 180 valence electrons. The summed E-state index contributed by atoms with van der Waals surface area (Å²) in [5.41, 5.74) is 5.32. The minimum Gasteiger partial charge on any atom is -0.380 e. The highest BCUT2D eigenvalue weighted by atomic mass is 16.1. The lowest BCUT2D eigenvalue weighted by molar-refractivity contribution is 0.453. The van der Waals surface area contributed by atoms with E-state index >= 15 is 0 Å². The van der Waals surface area contributed by atoms with Crippen LogP contribution in [0.5, 0.6) is 0 Å². The second-order valence-corrected chi connectivity index (χ2v) is 9.26. The number of aromatic nitrogens is 4. The topological polar surface area (TPSA) is 88.8 Å². The molecule has 0 aliphatic carbocycles. The zero-order valence-corrected chi connectivity index (χ0v) is 20.3. The van der Waals surface area contributed by atoms with E-state index in [1.165, 1.54) is 5.56 Å². The molecule has 1 aliphatic heterocycles. The number of nitrogens with one attached hydrogen (secondary N) is 3. The molecule has 0 spiro atoms. The average Bonchev–Trinajstić information content (AvgIpc) is 3.32. The second kappa shape index (κ2) is 9.76. The lowest BCUT2D eigenvalue weighted by atomic mass is 9.95. The van der Waals surface area contributed by atoms with Crippen LogP contribution in [0.3, 0.4) is 0 Å². The molecular formula is C27H31N7O. The number of hydrogen-bond donors (Lipinski definition) is 3. The van der Waals surface area contributed by atoms with Crippen molar-refractivity contribution in [2.24, 2.45) is 14.1 Å². The van der Waals surface area contributed by atoms with Gasteiger partial charge in [-0.25, -0.2) is 4.98 Å². The summed E-state index contributed by atoms with van der Waals surface area (Å²) >= 11 is 0. The number of rotatable bonds is 7. The molecule has 35 heavy (non-hydrogen) atoms. The van der Waals surface area contributed by atoms with Gasteiger partial charge in [0.15, 0.2) is 0 Å². The van der Waals surface area contributed by atoms with Crippen molar-refractivity contribution in [3.05, 3.63) is 94.8 Å². The van der Waals surface area contributed by atoms with E-state index in [-0.39, 0.29) is 23.6 Å². The molecule has 0 saturated carbocycles. The highest BCUT2D eigenvalue weighted by molar-refractivity contribution is 5.75. The Bertz CT molecular complexity index is 1360. The zero-order valence-electron chi connectivity index (χ0n) is 20.3. The van der Waals surface area contributed by atoms with Gasteiger partial charge in [0.2, 0.25) is 0 Å². The summed E-state index contributed by atoms with van der Waals surface area (Å²) in [5, 5.41) is 15.3. The molecule has 3 aromatic heterocycles. The summed E-state index contributed by atoms with van der Waals surface area (Å²) in [6.07, 6.45) is 7.55. The van der Waals surface area contributed by atoms with E-state index < -0.39 is 0 Å². The van der Waals surface area contributed by atoms with Gasteiger partial charge in [-0.3, -0.25) is 9.48 Å². The molecule has 8 nitrogen and oxygen atoms in total. The van der Waals surface area contributed by atoms with Crippen LogP contribution in [0.2, 0.25) is 0 Å². The van der Waals surface area contributed by atoms with Crippen LogP contribution in [0.25, 0.3) is 11.1 Å². The van der Waals surface area contributed by atoms with Gasteiger partial charge in [0.1, 0.15) is 5.82 Å². The van der Waals surface area contributed by atoms with Crippen LogP contribution in [-0.4, -0.2) is 38.5 Å². The highest BCUT2D eigenvalue weighted by Crippen LogP contribution is 2.32. The third-order valence-electron chi connectivity index (χ3n) is 6.66. The van der Waals surface area contributed by atoms with E-state index in [4.69, 9.17) is 4.98 Å². The van der Waals surface area contributed by atoms with Gasteiger partial charge in [-0.15, -0.1) is 0 Å². The molecule has 4 heterocycles. The first-order valence-corrected chi connectivity index (χ1v) is 11.9. The van der Waals surface area contributed by atoms with E-state index in [1.54, 1.807) is 22.4 Å². The van der Waals surface area contributed by atoms with Gasteiger partial charge < -0.3 is 20.5 Å². The van der Waals surface area contributed by atoms with Crippen molar-refractivity contribution in [1.29, 1.82) is 0 Å². The quantitative estimate of drug-likeness (QED) is 0.384.